The first-order valence-electron chi connectivity index (χ1n) is 19.2. The van der Waals surface area contributed by atoms with Crippen molar-refractivity contribution in [3.05, 3.63) is 131 Å². The zero-order chi connectivity index (χ0) is 41.5. The number of hydrogen-bond donors (Lipinski definition) is 2. The summed E-state index contributed by atoms with van der Waals surface area (Å²) in [5, 5.41) is 18.8. The molecule has 0 heterocycles. The molecule has 0 aliphatic heterocycles. The van der Waals surface area contributed by atoms with Crippen molar-refractivity contribution in [2.45, 2.75) is 112 Å². The maximum atomic E-state index is 11.9. The van der Waals surface area contributed by atoms with E-state index in [-0.39, 0.29) is 18.4 Å². The van der Waals surface area contributed by atoms with Gasteiger partial charge in [0.2, 0.25) is 0 Å². The molecule has 0 bridgehead atoms. The molecule has 298 valence electrons. The number of carbonyl (C=O) groups excluding carboxylic acids is 2. The predicted molar refractivity (Wildman–Crippen MR) is 222 cm³/mol. The molecule has 0 aromatic heterocycles. The van der Waals surface area contributed by atoms with Crippen LogP contribution in [0.4, 0.5) is 0 Å². The predicted octanol–water partition coefficient (Wildman–Crippen LogP) is 10.8. The summed E-state index contributed by atoms with van der Waals surface area (Å²) in [6, 6.07) is 33.1. The summed E-state index contributed by atoms with van der Waals surface area (Å²) in [5.41, 5.74) is 8.31. The van der Waals surface area contributed by atoms with Crippen LogP contribution in [0.25, 0.3) is 22.3 Å². The molecule has 0 saturated heterocycles. The number of esters is 2. The van der Waals surface area contributed by atoms with Crippen LogP contribution >= 0.6 is 0 Å². The lowest BCUT2D eigenvalue weighted by atomic mass is 9.94. The molecule has 8 heteroatoms. The Morgan fingerprint density at radius 1 is 0.643 bits per heavy atom. The minimum absolute atomic E-state index is 0.0758. The molecule has 1 atom stereocenters. The van der Waals surface area contributed by atoms with Crippen LogP contribution in [-0.4, -0.2) is 45.3 Å². The number of aryl methyl sites for hydroxylation is 4. The lowest BCUT2D eigenvalue weighted by Gasteiger charge is -2.21. The van der Waals surface area contributed by atoms with Crippen LogP contribution in [0.2, 0.25) is 0 Å². The first-order valence-corrected chi connectivity index (χ1v) is 19.2. The van der Waals surface area contributed by atoms with E-state index in [0.29, 0.717) is 25.7 Å². The van der Waals surface area contributed by atoms with Crippen molar-refractivity contribution < 1.29 is 38.9 Å². The second kappa shape index (κ2) is 21.0. The number of allylic oxidation sites excluding steroid dienone is 1. The zero-order valence-corrected chi connectivity index (χ0v) is 34.2. The second-order valence-corrected chi connectivity index (χ2v) is 16.1. The number of carboxylic acid groups (broad SMARTS) is 2. The van der Waals surface area contributed by atoms with E-state index in [1.807, 2.05) is 36.4 Å². The van der Waals surface area contributed by atoms with Gasteiger partial charge in [-0.15, -0.1) is 0 Å². The van der Waals surface area contributed by atoms with Crippen molar-refractivity contribution in [2.75, 3.05) is 0 Å². The van der Waals surface area contributed by atoms with Crippen LogP contribution in [0.3, 0.4) is 0 Å². The van der Waals surface area contributed by atoms with Gasteiger partial charge in [-0.05, 0) is 132 Å². The van der Waals surface area contributed by atoms with E-state index < -0.39 is 41.0 Å². The van der Waals surface area contributed by atoms with Crippen LogP contribution in [0.15, 0.2) is 109 Å². The van der Waals surface area contributed by atoms with Gasteiger partial charge in [-0.2, -0.15) is 0 Å². The Kier molecular flexibility index (Phi) is 16.8. The molecule has 0 fully saturated rings. The molecule has 56 heavy (non-hydrogen) atoms. The minimum atomic E-state index is -1.08. The summed E-state index contributed by atoms with van der Waals surface area (Å²) >= 11 is 0. The molecule has 0 amide bonds. The zero-order valence-electron chi connectivity index (χ0n) is 34.2. The van der Waals surface area contributed by atoms with E-state index in [1.165, 1.54) is 38.9 Å². The van der Waals surface area contributed by atoms with E-state index in [2.05, 4.69) is 74.5 Å². The Morgan fingerprint density at radius 3 is 1.54 bits per heavy atom. The maximum absolute atomic E-state index is 11.9. The summed E-state index contributed by atoms with van der Waals surface area (Å²) < 4.78 is 10.5. The van der Waals surface area contributed by atoms with Gasteiger partial charge in [0.1, 0.15) is 11.2 Å². The number of benzene rings is 4. The van der Waals surface area contributed by atoms with E-state index in [1.54, 1.807) is 47.6 Å². The van der Waals surface area contributed by atoms with Gasteiger partial charge in [0, 0.05) is 5.57 Å². The highest BCUT2D eigenvalue weighted by Gasteiger charge is 2.25. The standard InChI is InChI=1S/C24H30O4.C24H28O4/c2*1-17-15-18(13-14-21(17)19-10-6-5-7-11-19)9-8-12-20(23(26)27)16-22(25)28-24(2,3)4/h5-7,10-11,13-15,20H,8-9,12,16H2,1-4H3,(H,26,27);5-7,10-15H,8-9,16H2,1-4H3,(H,26,27)/b;20-12+/t20-;/m1./s1. The number of aliphatic carboxylic acids is 2. The van der Waals surface area contributed by atoms with Crippen molar-refractivity contribution in [3.8, 4) is 22.3 Å². The van der Waals surface area contributed by atoms with Crippen LogP contribution in [0.5, 0.6) is 0 Å². The molecule has 0 spiro atoms. The van der Waals surface area contributed by atoms with Gasteiger partial charge in [0.05, 0.1) is 18.8 Å². The van der Waals surface area contributed by atoms with Crippen molar-refractivity contribution in [3.63, 3.8) is 0 Å². The van der Waals surface area contributed by atoms with Gasteiger partial charge < -0.3 is 19.7 Å². The number of carbonyl (C=O) groups is 4. The fraction of sp³-hybridized carbons (Fsp3) is 0.375. The highest BCUT2D eigenvalue weighted by molar-refractivity contribution is 5.92. The topological polar surface area (TPSA) is 127 Å². The molecule has 0 aliphatic carbocycles. The fourth-order valence-corrected chi connectivity index (χ4v) is 6.28. The van der Waals surface area contributed by atoms with Crippen LogP contribution < -0.4 is 0 Å². The lowest BCUT2D eigenvalue weighted by molar-refractivity contribution is -0.160. The molecule has 4 rings (SSSR count). The number of carboxylic acids is 2. The summed E-state index contributed by atoms with van der Waals surface area (Å²) in [6.45, 7) is 14.8. The maximum Gasteiger partial charge on any atom is 0.331 e. The smallest absolute Gasteiger partial charge is 0.331 e. The third-order valence-corrected chi connectivity index (χ3v) is 8.80. The normalized spacial score (nSPS) is 12.2. The summed E-state index contributed by atoms with van der Waals surface area (Å²) in [4.78, 5) is 46.7. The highest BCUT2D eigenvalue weighted by Crippen LogP contribution is 2.27. The van der Waals surface area contributed by atoms with Crippen LogP contribution in [-0.2, 0) is 41.5 Å². The Bertz CT molecular complexity index is 1950. The van der Waals surface area contributed by atoms with Crippen LogP contribution in [0, 0.1) is 19.8 Å². The molecule has 2 N–H and O–H groups in total. The molecule has 0 aliphatic rings. The van der Waals surface area contributed by atoms with Crippen molar-refractivity contribution in [1.29, 1.82) is 0 Å². The van der Waals surface area contributed by atoms with Gasteiger partial charge in [-0.1, -0.05) is 103 Å². The fourth-order valence-electron chi connectivity index (χ4n) is 6.28. The molecular weight excluding hydrogens is 705 g/mol. The average molecular weight is 763 g/mol. The Balaban J connectivity index is 0.000000300. The third-order valence-electron chi connectivity index (χ3n) is 8.80. The lowest BCUT2D eigenvalue weighted by Crippen LogP contribution is -2.27. The van der Waals surface area contributed by atoms with Gasteiger partial charge in [0.25, 0.3) is 0 Å². The van der Waals surface area contributed by atoms with E-state index in [0.717, 1.165) is 12.0 Å². The minimum Gasteiger partial charge on any atom is -0.481 e. The Hall–Kier alpha value is -5.50. The summed E-state index contributed by atoms with van der Waals surface area (Å²) in [6.07, 6.45) is 4.52. The third kappa shape index (κ3) is 16.1. The molecule has 4 aromatic carbocycles. The summed E-state index contributed by atoms with van der Waals surface area (Å²) in [7, 11) is 0. The number of hydrogen-bond acceptors (Lipinski definition) is 6. The molecule has 0 radical (unpaired) electrons. The van der Waals surface area contributed by atoms with E-state index in [9.17, 15) is 29.4 Å². The van der Waals surface area contributed by atoms with Gasteiger partial charge >= 0.3 is 23.9 Å². The largest absolute Gasteiger partial charge is 0.481 e. The van der Waals surface area contributed by atoms with Gasteiger partial charge in [-0.3, -0.25) is 14.4 Å². The summed E-state index contributed by atoms with van der Waals surface area (Å²) in [5.74, 6) is -3.71. The quantitative estimate of drug-likeness (QED) is 0.0905. The first-order chi connectivity index (χ1) is 26.3. The average Bonchev–Trinajstić information content (AvgIpc) is 3.10. The molecule has 8 nitrogen and oxygen atoms in total. The molecule has 4 aromatic rings. The van der Waals surface area contributed by atoms with Gasteiger partial charge in [-0.25, -0.2) is 4.79 Å². The molecular formula is C48H58O8. The van der Waals surface area contributed by atoms with Crippen LogP contribution in [0.1, 0.15) is 95.9 Å². The molecule has 0 unspecified atom stereocenters. The highest BCUT2D eigenvalue weighted by atomic mass is 16.6. The number of ether oxygens (including phenoxy) is 2. The van der Waals surface area contributed by atoms with E-state index in [4.69, 9.17) is 9.47 Å². The Labute approximate surface area is 332 Å². The van der Waals surface area contributed by atoms with Crippen molar-refractivity contribution >= 4 is 23.9 Å². The monoisotopic (exact) mass is 762 g/mol. The SMILES string of the molecule is Cc1cc(CC/C=C(\CC(=O)OC(C)(C)C)C(=O)O)ccc1-c1ccccc1.Cc1cc(CCC[C@H](CC(=O)OC(C)(C)C)C(=O)O)ccc1-c1ccccc1. The molecule has 0 saturated carbocycles. The van der Waals surface area contributed by atoms with Crippen molar-refractivity contribution in [1.82, 2.24) is 0 Å². The Morgan fingerprint density at radius 2 is 1.11 bits per heavy atom. The number of rotatable bonds is 15. The first kappa shape index (κ1) is 44.9. The van der Waals surface area contributed by atoms with E-state index >= 15 is 0 Å². The second-order valence-electron chi connectivity index (χ2n) is 16.1. The van der Waals surface area contributed by atoms with Gasteiger partial charge in [0.15, 0.2) is 0 Å². The van der Waals surface area contributed by atoms with Crippen molar-refractivity contribution in [2.24, 2.45) is 5.92 Å².